The fourth-order valence-corrected chi connectivity index (χ4v) is 3.23. The standard InChI is InChI=1S/C17H22N2O2.BrH/c1-3-21-17(20)9-11-19-15-7-5-4-6-13(15)14-12-18(2)10-8-16(14)19;/h4-7H,3,8-12H2,1-2H3;1H. The van der Waals surface area contributed by atoms with E-state index in [9.17, 15) is 4.79 Å². The molecule has 4 nitrogen and oxygen atoms in total. The second kappa shape index (κ2) is 7.29. The summed E-state index contributed by atoms with van der Waals surface area (Å²) in [5.74, 6) is -0.114. The molecule has 0 atom stereocenters. The largest absolute Gasteiger partial charge is 0.466 e. The number of likely N-dealkylation sites (N-methyl/N-ethyl adjacent to an activating group) is 1. The lowest BCUT2D eigenvalue weighted by molar-refractivity contribution is -0.143. The SMILES string of the molecule is Br.CCOC(=O)CCn1c2c(c3ccccc31)CN(C)CC2. The summed E-state index contributed by atoms with van der Waals surface area (Å²) in [6.45, 7) is 5.07. The number of carbonyl (C=O) groups excluding carboxylic acids is 1. The first-order valence-corrected chi connectivity index (χ1v) is 7.64. The van der Waals surface area contributed by atoms with Crippen molar-refractivity contribution in [3.05, 3.63) is 35.5 Å². The van der Waals surface area contributed by atoms with E-state index in [1.54, 1.807) is 0 Å². The maximum Gasteiger partial charge on any atom is 0.307 e. The number of carbonyl (C=O) groups is 1. The molecule has 5 heteroatoms. The average Bonchev–Trinajstić information content (AvgIpc) is 2.79. The number of ether oxygens (including phenoxy) is 1. The number of nitrogens with zero attached hydrogens (tertiary/aromatic N) is 2. The van der Waals surface area contributed by atoms with Crippen molar-refractivity contribution >= 4 is 33.9 Å². The molecule has 22 heavy (non-hydrogen) atoms. The number of aromatic nitrogens is 1. The van der Waals surface area contributed by atoms with Crippen molar-refractivity contribution in [2.75, 3.05) is 20.2 Å². The van der Waals surface area contributed by atoms with Crippen LogP contribution in [0.4, 0.5) is 0 Å². The molecule has 2 aromatic rings. The monoisotopic (exact) mass is 366 g/mol. The topological polar surface area (TPSA) is 34.5 Å². The third kappa shape index (κ3) is 3.20. The Hall–Kier alpha value is -1.33. The second-order valence-electron chi connectivity index (χ2n) is 5.64. The lowest BCUT2D eigenvalue weighted by Crippen LogP contribution is -2.27. The number of benzene rings is 1. The zero-order chi connectivity index (χ0) is 14.8. The fraction of sp³-hybridized carbons (Fsp3) is 0.471. The first kappa shape index (κ1) is 17.0. The summed E-state index contributed by atoms with van der Waals surface area (Å²) in [5, 5.41) is 1.32. The summed E-state index contributed by atoms with van der Waals surface area (Å²) in [6.07, 6.45) is 1.48. The van der Waals surface area contributed by atoms with Crippen LogP contribution in [0.2, 0.25) is 0 Å². The molecule has 0 radical (unpaired) electrons. The normalized spacial score (nSPS) is 14.5. The minimum Gasteiger partial charge on any atom is -0.466 e. The number of para-hydroxylation sites is 1. The van der Waals surface area contributed by atoms with E-state index in [2.05, 4.69) is 40.8 Å². The molecule has 1 aliphatic rings. The Kier molecular flexibility index (Phi) is 5.64. The summed E-state index contributed by atoms with van der Waals surface area (Å²) in [4.78, 5) is 14.0. The minimum absolute atomic E-state index is 0. The second-order valence-corrected chi connectivity index (χ2v) is 5.64. The summed E-state index contributed by atoms with van der Waals surface area (Å²) in [7, 11) is 2.16. The highest BCUT2D eigenvalue weighted by molar-refractivity contribution is 8.93. The molecule has 0 unspecified atom stereocenters. The Morgan fingerprint density at radius 1 is 1.32 bits per heavy atom. The van der Waals surface area contributed by atoms with E-state index >= 15 is 0 Å². The third-order valence-corrected chi connectivity index (χ3v) is 4.20. The lowest BCUT2D eigenvalue weighted by Gasteiger charge is -2.24. The highest BCUT2D eigenvalue weighted by Crippen LogP contribution is 2.30. The van der Waals surface area contributed by atoms with Gasteiger partial charge in [0.25, 0.3) is 0 Å². The number of hydrogen-bond acceptors (Lipinski definition) is 3. The highest BCUT2D eigenvalue weighted by atomic mass is 79.9. The molecule has 120 valence electrons. The van der Waals surface area contributed by atoms with Crippen LogP contribution in [-0.4, -0.2) is 35.6 Å². The van der Waals surface area contributed by atoms with Gasteiger partial charge in [0.1, 0.15) is 0 Å². The quantitative estimate of drug-likeness (QED) is 0.779. The predicted molar refractivity (Wildman–Crippen MR) is 93.5 cm³/mol. The van der Waals surface area contributed by atoms with Gasteiger partial charge in [0, 0.05) is 42.7 Å². The maximum absolute atomic E-state index is 11.7. The molecular formula is C17H23BrN2O2. The van der Waals surface area contributed by atoms with Gasteiger partial charge in [-0.05, 0) is 25.6 Å². The molecule has 1 aliphatic heterocycles. The molecular weight excluding hydrogens is 344 g/mol. The fourth-order valence-electron chi connectivity index (χ4n) is 3.23. The van der Waals surface area contributed by atoms with Crippen molar-refractivity contribution in [3.63, 3.8) is 0 Å². The number of esters is 1. The van der Waals surface area contributed by atoms with E-state index in [0.717, 1.165) is 19.5 Å². The van der Waals surface area contributed by atoms with Crippen LogP contribution in [-0.2, 0) is 29.0 Å². The molecule has 0 N–H and O–H groups in total. The van der Waals surface area contributed by atoms with Crippen LogP contribution in [0.3, 0.4) is 0 Å². The van der Waals surface area contributed by atoms with Crippen LogP contribution in [0.15, 0.2) is 24.3 Å². The summed E-state index contributed by atoms with van der Waals surface area (Å²) in [5.41, 5.74) is 4.05. The minimum atomic E-state index is -0.114. The van der Waals surface area contributed by atoms with Crippen molar-refractivity contribution in [2.45, 2.75) is 32.9 Å². The zero-order valence-electron chi connectivity index (χ0n) is 13.2. The van der Waals surface area contributed by atoms with Gasteiger partial charge in [-0.25, -0.2) is 0 Å². The molecule has 0 fully saturated rings. The molecule has 0 saturated heterocycles. The molecule has 2 heterocycles. The zero-order valence-corrected chi connectivity index (χ0v) is 14.9. The average molecular weight is 367 g/mol. The van der Waals surface area contributed by atoms with Gasteiger partial charge in [0.05, 0.1) is 13.0 Å². The number of rotatable bonds is 4. The third-order valence-electron chi connectivity index (χ3n) is 4.20. The van der Waals surface area contributed by atoms with Crippen molar-refractivity contribution in [1.29, 1.82) is 0 Å². The number of fused-ring (bicyclic) bond motifs is 3. The molecule has 1 aromatic heterocycles. The van der Waals surface area contributed by atoms with Gasteiger partial charge < -0.3 is 14.2 Å². The molecule has 0 saturated carbocycles. The Bertz CT molecular complexity index is 666. The summed E-state index contributed by atoms with van der Waals surface area (Å²) < 4.78 is 7.37. The van der Waals surface area contributed by atoms with Crippen LogP contribution in [0.1, 0.15) is 24.6 Å². The van der Waals surface area contributed by atoms with Crippen LogP contribution in [0.5, 0.6) is 0 Å². The van der Waals surface area contributed by atoms with Crippen molar-refractivity contribution in [2.24, 2.45) is 0 Å². The van der Waals surface area contributed by atoms with Crippen molar-refractivity contribution < 1.29 is 9.53 Å². The highest BCUT2D eigenvalue weighted by Gasteiger charge is 2.22. The first-order chi connectivity index (χ1) is 10.2. The Balaban J connectivity index is 0.00000176. The molecule has 0 aliphatic carbocycles. The van der Waals surface area contributed by atoms with E-state index in [1.807, 2.05) is 6.92 Å². The van der Waals surface area contributed by atoms with E-state index < -0.39 is 0 Å². The van der Waals surface area contributed by atoms with Gasteiger partial charge in [0.15, 0.2) is 0 Å². The van der Waals surface area contributed by atoms with Gasteiger partial charge in [-0.15, -0.1) is 17.0 Å². The van der Waals surface area contributed by atoms with Crippen LogP contribution >= 0.6 is 17.0 Å². The van der Waals surface area contributed by atoms with Gasteiger partial charge >= 0.3 is 5.97 Å². The first-order valence-electron chi connectivity index (χ1n) is 7.64. The summed E-state index contributed by atoms with van der Waals surface area (Å²) >= 11 is 0. The van der Waals surface area contributed by atoms with Crippen molar-refractivity contribution in [3.8, 4) is 0 Å². The maximum atomic E-state index is 11.7. The van der Waals surface area contributed by atoms with Gasteiger partial charge in [-0.3, -0.25) is 4.79 Å². The van der Waals surface area contributed by atoms with Crippen LogP contribution in [0.25, 0.3) is 10.9 Å². The smallest absolute Gasteiger partial charge is 0.307 e. The molecule has 0 amide bonds. The van der Waals surface area contributed by atoms with Crippen LogP contribution in [0, 0.1) is 0 Å². The van der Waals surface area contributed by atoms with Crippen molar-refractivity contribution in [1.82, 2.24) is 9.47 Å². The number of hydrogen-bond donors (Lipinski definition) is 0. The Morgan fingerprint density at radius 3 is 2.86 bits per heavy atom. The van der Waals surface area contributed by atoms with Gasteiger partial charge in [0.2, 0.25) is 0 Å². The summed E-state index contributed by atoms with van der Waals surface area (Å²) in [6, 6.07) is 8.50. The number of aryl methyl sites for hydroxylation is 1. The van der Waals surface area contributed by atoms with Crippen LogP contribution < -0.4 is 0 Å². The van der Waals surface area contributed by atoms with Gasteiger partial charge in [-0.2, -0.15) is 0 Å². The predicted octanol–water partition coefficient (Wildman–Crippen LogP) is 3.16. The molecule has 0 bridgehead atoms. The van der Waals surface area contributed by atoms with E-state index in [4.69, 9.17) is 4.74 Å². The molecule has 3 rings (SSSR count). The van der Waals surface area contributed by atoms with Gasteiger partial charge in [-0.1, -0.05) is 18.2 Å². The Morgan fingerprint density at radius 2 is 2.09 bits per heavy atom. The molecule has 0 spiro atoms. The van der Waals surface area contributed by atoms with E-state index in [1.165, 1.54) is 22.2 Å². The number of halogens is 1. The van der Waals surface area contributed by atoms with E-state index in [-0.39, 0.29) is 23.0 Å². The lowest BCUT2D eigenvalue weighted by atomic mass is 10.1. The van der Waals surface area contributed by atoms with E-state index in [0.29, 0.717) is 19.6 Å². The Labute approximate surface area is 141 Å². The molecule has 1 aromatic carbocycles.